The Morgan fingerprint density at radius 2 is 2.00 bits per heavy atom. The summed E-state index contributed by atoms with van der Waals surface area (Å²) in [5.74, 6) is -1.12. The van der Waals surface area contributed by atoms with E-state index in [0.717, 1.165) is 10.5 Å². The zero-order chi connectivity index (χ0) is 15.4. The van der Waals surface area contributed by atoms with E-state index in [1.54, 1.807) is 0 Å². The summed E-state index contributed by atoms with van der Waals surface area (Å²) >= 11 is 0. The number of ether oxygens (including phenoxy) is 1. The lowest BCUT2D eigenvalue weighted by Gasteiger charge is -2.37. The fraction of sp³-hybridized carbons (Fsp3) is 0.357. The Hall–Kier alpha value is -2.41. The highest BCUT2D eigenvalue weighted by atomic mass is 16.5. The van der Waals surface area contributed by atoms with Crippen LogP contribution in [0.1, 0.15) is 12.0 Å². The molecule has 3 amide bonds. The number of nitrogens with zero attached hydrogens (tertiary/aromatic N) is 2. The second kappa shape index (κ2) is 6.36. The number of benzene rings is 1. The van der Waals surface area contributed by atoms with Gasteiger partial charge in [0.2, 0.25) is 5.91 Å². The number of carbonyl (C=O) groups excluding carboxylic acids is 3. The first kappa shape index (κ1) is 15.0. The van der Waals surface area contributed by atoms with Gasteiger partial charge in [-0.3, -0.25) is 14.5 Å². The molecule has 7 nitrogen and oxygen atoms in total. The van der Waals surface area contributed by atoms with Crippen LogP contribution in [0, 0.1) is 0 Å². The fourth-order valence-corrected chi connectivity index (χ4v) is 2.12. The van der Waals surface area contributed by atoms with Gasteiger partial charge in [-0.05, 0) is 5.56 Å². The molecule has 112 valence electrons. The number of hydrogen-bond donors (Lipinski definition) is 1. The van der Waals surface area contributed by atoms with Gasteiger partial charge in [0.15, 0.2) is 0 Å². The lowest BCUT2D eigenvalue weighted by Crippen LogP contribution is -2.60. The molecule has 1 heterocycles. The molecule has 2 N–H and O–H groups in total. The number of hydrogen-bond acceptors (Lipinski definition) is 5. The number of rotatable bonds is 4. The van der Waals surface area contributed by atoms with Gasteiger partial charge < -0.3 is 15.4 Å². The van der Waals surface area contributed by atoms with Crippen LogP contribution < -0.4 is 5.73 Å². The van der Waals surface area contributed by atoms with Crippen molar-refractivity contribution >= 4 is 17.9 Å². The molecule has 1 atom stereocenters. The Morgan fingerprint density at radius 1 is 1.33 bits per heavy atom. The van der Waals surface area contributed by atoms with Crippen molar-refractivity contribution in [3.63, 3.8) is 0 Å². The lowest BCUT2D eigenvalue weighted by molar-refractivity contribution is -0.147. The fourth-order valence-electron chi connectivity index (χ4n) is 2.12. The highest BCUT2D eigenvalue weighted by molar-refractivity contribution is 5.99. The van der Waals surface area contributed by atoms with E-state index in [1.165, 1.54) is 12.0 Å². The average Bonchev–Trinajstić information content (AvgIpc) is 2.48. The SMILES string of the molecule is COC(=O)CN1C(=O)CC(N)N(Cc2ccccc2)C1=O. The van der Waals surface area contributed by atoms with Crippen LogP contribution in [-0.4, -0.2) is 47.5 Å². The molecular weight excluding hydrogens is 274 g/mol. The minimum atomic E-state index is -0.695. The molecule has 21 heavy (non-hydrogen) atoms. The Morgan fingerprint density at radius 3 is 2.62 bits per heavy atom. The maximum absolute atomic E-state index is 12.3. The van der Waals surface area contributed by atoms with Gasteiger partial charge in [0, 0.05) is 6.54 Å². The minimum Gasteiger partial charge on any atom is -0.468 e. The zero-order valence-corrected chi connectivity index (χ0v) is 11.7. The summed E-state index contributed by atoms with van der Waals surface area (Å²) in [5.41, 5.74) is 6.77. The molecule has 7 heteroatoms. The highest BCUT2D eigenvalue weighted by Gasteiger charge is 2.38. The van der Waals surface area contributed by atoms with E-state index < -0.39 is 30.6 Å². The van der Waals surface area contributed by atoms with Crippen molar-refractivity contribution in [3.8, 4) is 0 Å². The van der Waals surface area contributed by atoms with Crippen molar-refractivity contribution in [2.45, 2.75) is 19.1 Å². The number of esters is 1. The molecule has 0 aliphatic carbocycles. The summed E-state index contributed by atoms with van der Waals surface area (Å²) in [6.45, 7) is -0.113. The first-order valence-corrected chi connectivity index (χ1v) is 6.50. The topological polar surface area (TPSA) is 92.9 Å². The van der Waals surface area contributed by atoms with Crippen LogP contribution in [0.15, 0.2) is 30.3 Å². The normalized spacial score (nSPS) is 18.9. The summed E-state index contributed by atoms with van der Waals surface area (Å²) in [6.07, 6.45) is -0.714. The molecule has 1 unspecified atom stereocenters. The molecule has 1 fully saturated rings. The number of methoxy groups -OCH3 is 1. The maximum Gasteiger partial charge on any atom is 0.328 e. The number of nitrogens with two attached hydrogens (primary N) is 1. The third kappa shape index (κ3) is 3.38. The first-order chi connectivity index (χ1) is 10.0. The van der Waals surface area contributed by atoms with Crippen molar-refractivity contribution in [3.05, 3.63) is 35.9 Å². The molecule has 1 aromatic rings. The summed E-state index contributed by atoms with van der Waals surface area (Å²) in [6, 6.07) is 8.73. The highest BCUT2D eigenvalue weighted by Crippen LogP contribution is 2.17. The largest absolute Gasteiger partial charge is 0.468 e. The van der Waals surface area contributed by atoms with Crippen LogP contribution >= 0.6 is 0 Å². The molecule has 0 radical (unpaired) electrons. The van der Waals surface area contributed by atoms with Gasteiger partial charge in [0.1, 0.15) is 6.54 Å². The van der Waals surface area contributed by atoms with Crippen LogP contribution in [0.2, 0.25) is 0 Å². The molecule has 1 saturated heterocycles. The Labute approximate surface area is 122 Å². The molecule has 1 aliphatic heterocycles. The first-order valence-electron chi connectivity index (χ1n) is 6.50. The summed E-state index contributed by atoms with van der Waals surface area (Å²) < 4.78 is 4.50. The Bertz CT molecular complexity index is 546. The van der Waals surface area contributed by atoms with Crippen molar-refractivity contribution in [2.24, 2.45) is 5.73 Å². The number of imide groups is 1. The molecule has 0 bridgehead atoms. The van der Waals surface area contributed by atoms with Gasteiger partial charge in [-0.25, -0.2) is 4.79 Å². The number of amides is 3. The molecule has 0 saturated carbocycles. The van der Waals surface area contributed by atoms with Gasteiger partial charge in [-0.15, -0.1) is 0 Å². The number of urea groups is 1. The van der Waals surface area contributed by atoms with E-state index in [9.17, 15) is 14.4 Å². The van der Waals surface area contributed by atoms with Crippen LogP contribution in [0.3, 0.4) is 0 Å². The van der Waals surface area contributed by atoms with Crippen molar-refractivity contribution in [2.75, 3.05) is 13.7 Å². The van der Waals surface area contributed by atoms with Gasteiger partial charge in [0.25, 0.3) is 0 Å². The lowest BCUT2D eigenvalue weighted by atomic mass is 10.1. The van der Waals surface area contributed by atoms with E-state index in [2.05, 4.69) is 4.74 Å². The van der Waals surface area contributed by atoms with E-state index >= 15 is 0 Å². The standard InChI is InChI=1S/C14H17N3O4/c1-21-13(19)9-17-12(18)7-11(15)16(14(17)20)8-10-5-3-2-4-6-10/h2-6,11H,7-9,15H2,1H3. The zero-order valence-electron chi connectivity index (χ0n) is 11.7. The van der Waals surface area contributed by atoms with Crippen molar-refractivity contribution < 1.29 is 19.1 Å². The third-order valence-corrected chi connectivity index (χ3v) is 3.27. The predicted molar refractivity (Wildman–Crippen MR) is 73.7 cm³/mol. The van der Waals surface area contributed by atoms with Crippen LogP contribution in [-0.2, 0) is 20.9 Å². The second-order valence-corrected chi connectivity index (χ2v) is 4.72. The van der Waals surface area contributed by atoms with E-state index in [-0.39, 0.29) is 13.0 Å². The number of carbonyl (C=O) groups is 3. The summed E-state index contributed by atoms with van der Waals surface area (Å²) in [4.78, 5) is 37.7. The Balaban J connectivity index is 2.15. The van der Waals surface area contributed by atoms with Gasteiger partial charge in [0.05, 0.1) is 19.7 Å². The summed E-state index contributed by atoms with van der Waals surface area (Å²) in [7, 11) is 1.20. The maximum atomic E-state index is 12.3. The minimum absolute atomic E-state index is 0.0183. The summed E-state index contributed by atoms with van der Waals surface area (Å²) in [5, 5.41) is 0. The van der Waals surface area contributed by atoms with Crippen LogP contribution in [0.5, 0.6) is 0 Å². The molecule has 0 aromatic heterocycles. The van der Waals surface area contributed by atoms with Gasteiger partial charge in [-0.1, -0.05) is 30.3 Å². The molecule has 1 aromatic carbocycles. The van der Waals surface area contributed by atoms with E-state index in [4.69, 9.17) is 5.73 Å². The third-order valence-electron chi connectivity index (χ3n) is 3.27. The van der Waals surface area contributed by atoms with Crippen LogP contribution in [0.25, 0.3) is 0 Å². The van der Waals surface area contributed by atoms with Crippen LogP contribution in [0.4, 0.5) is 4.79 Å². The van der Waals surface area contributed by atoms with Crippen molar-refractivity contribution in [1.29, 1.82) is 0 Å². The molecule has 0 spiro atoms. The van der Waals surface area contributed by atoms with E-state index in [0.29, 0.717) is 0 Å². The van der Waals surface area contributed by atoms with Gasteiger partial charge >= 0.3 is 12.0 Å². The second-order valence-electron chi connectivity index (χ2n) is 4.72. The molecule has 1 aliphatic rings. The quantitative estimate of drug-likeness (QED) is 0.805. The van der Waals surface area contributed by atoms with Crippen molar-refractivity contribution in [1.82, 2.24) is 9.80 Å². The van der Waals surface area contributed by atoms with Gasteiger partial charge in [-0.2, -0.15) is 0 Å². The molecular formula is C14H17N3O4. The smallest absolute Gasteiger partial charge is 0.328 e. The monoisotopic (exact) mass is 291 g/mol. The predicted octanol–water partition coefficient (Wildman–Crippen LogP) is 0.299. The molecule has 2 rings (SSSR count). The Kier molecular flexibility index (Phi) is 4.54. The van der Waals surface area contributed by atoms with E-state index in [1.807, 2.05) is 30.3 Å². The average molecular weight is 291 g/mol.